The van der Waals surface area contributed by atoms with E-state index in [1.165, 1.54) is 0 Å². The van der Waals surface area contributed by atoms with Gasteiger partial charge in [0.25, 0.3) is 0 Å². The molecule has 2 unspecified atom stereocenters. The summed E-state index contributed by atoms with van der Waals surface area (Å²) in [5.41, 5.74) is 1.94. The second-order valence-electron chi connectivity index (χ2n) is 4.18. The van der Waals surface area contributed by atoms with Gasteiger partial charge in [-0.05, 0) is 26.0 Å². The molecule has 0 fully saturated rings. The molecule has 0 saturated carbocycles. The van der Waals surface area contributed by atoms with Crippen molar-refractivity contribution in [1.82, 2.24) is 5.32 Å². The molecule has 2 atom stereocenters. The van der Waals surface area contributed by atoms with Gasteiger partial charge < -0.3 is 15.5 Å². The van der Waals surface area contributed by atoms with Crippen molar-refractivity contribution >= 4 is 5.97 Å². The first kappa shape index (κ1) is 13.7. The number of hydrogen-bond donors (Lipinski definition) is 3. The Labute approximate surface area is 101 Å². The van der Waals surface area contributed by atoms with Crippen molar-refractivity contribution in [2.45, 2.75) is 31.9 Å². The van der Waals surface area contributed by atoms with Crippen molar-refractivity contribution in [1.29, 1.82) is 0 Å². The zero-order valence-corrected chi connectivity index (χ0v) is 10.2. The van der Waals surface area contributed by atoms with Gasteiger partial charge in [-0.2, -0.15) is 0 Å². The van der Waals surface area contributed by atoms with E-state index in [1.54, 1.807) is 7.05 Å². The van der Waals surface area contributed by atoms with Crippen LogP contribution in [0, 0.1) is 6.92 Å². The highest BCUT2D eigenvalue weighted by molar-refractivity contribution is 5.66. The Bertz CT molecular complexity index is 361. The second kappa shape index (κ2) is 6.37. The molecule has 0 aliphatic carbocycles. The summed E-state index contributed by atoms with van der Waals surface area (Å²) >= 11 is 0. The van der Waals surface area contributed by atoms with Crippen molar-refractivity contribution in [3.05, 3.63) is 35.4 Å². The number of aryl methyl sites for hydroxylation is 1. The molecule has 94 valence electrons. The number of carboxylic acids is 1. The molecule has 1 rings (SSSR count). The first-order valence-corrected chi connectivity index (χ1v) is 5.68. The molecule has 1 aromatic rings. The van der Waals surface area contributed by atoms with E-state index in [4.69, 9.17) is 5.11 Å². The van der Waals surface area contributed by atoms with Gasteiger partial charge in [0.15, 0.2) is 0 Å². The maximum absolute atomic E-state index is 10.5. The third-order valence-electron chi connectivity index (χ3n) is 2.84. The van der Waals surface area contributed by atoms with Crippen LogP contribution in [0.1, 0.15) is 30.1 Å². The van der Waals surface area contributed by atoms with Crippen LogP contribution in [0.3, 0.4) is 0 Å². The van der Waals surface area contributed by atoms with E-state index < -0.39 is 12.1 Å². The van der Waals surface area contributed by atoms with Gasteiger partial charge in [0.1, 0.15) is 0 Å². The van der Waals surface area contributed by atoms with Crippen LogP contribution in [0.4, 0.5) is 0 Å². The minimum Gasteiger partial charge on any atom is -0.481 e. The van der Waals surface area contributed by atoms with Crippen molar-refractivity contribution in [3.8, 4) is 0 Å². The number of nitrogens with one attached hydrogen (secondary N) is 1. The summed E-state index contributed by atoms with van der Waals surface area (Å²) in [4.78, 5) is 10.5. The predicted molar refractivity (Wildman–Crippen MR) is 65.9 cm³/mol. The molecule has 17 heavy (non-hydrogen) atoms. The average molecular weight is 237 g/mol. The van der Waals surface area contributed by atoms with Crippen LogP contribution >= 0.6 is 0 Å². The summed E-state index contributed by atoms with van der Waals surface area (Å²) in [6.07, 6.45) is -0.227. The van der Waals surface area contributed by atoms with Gasteiger partial charge in [-0.25, -0.2) is 0 Å². The number of likely N-dealkylation sites (N-methyl/N-ethyl adjacent to an activating group) is 1. The molecule has 0 bridgehead atoms. The van der Waals surface area contributed by atoms with Crippen molar-refractivity contribution < 1.29 is 15.0 Å². The Morgan fingerprint density at radius 1 is 1.35 bits per heavy atom. The summed E-state index contributed by atoms with van der Waals surface area (Å²) in [6, 6.07) is 7.36. The lowest BCUT2D eigenvalue weighted by atomic mass is 9.98. The largest absolute Gasteiger partial charge is 0.481 e. The molecule has 0 aliphatic heterocycles. The van der Waals surface area contributed by atoms with E-state index in [-0.39, 0.29) is 12.5 Å². The summed E-state index contributed by atoms with van der Waals surface area (Å²) in [6.45, 7) is 1.98. The van der Waals surface area contributed by atoms with Crippen molar-refractivity contribution in [2.75, 3.05) is 7.05 Å². The third kappa shape index (κ3) is 4.17. The van der Waals surface area contributed by atoms with E-state index >= 15 is 0 Å². The molecular formula is C13H19NO3. The van der Waals surface area contributed by atoms with Gasteiger partial charge in [0, 0.05) is 12.5 Å². The molecular weight excluding hydrogens is 218 g/mol. The standard InChI is InChI=1S/C13H19NO3/c1-9-3-5-10(6-4-9)13(17)11(14-2)7-8-12(15)16/h3-6,11,13-14,17H,7-8H2,1-2H3,(H,15,16). The lowest BCUT2D eigenvalue weighted by Crippen LogP contribution is -2.32. The number of aliphatic hydroxyl groups excluding tert-OH is 1. The zero-order valence-electron chi connectivity index (χ0n) is 10.2. The molecule has 3 N–H and O–H groups in total. The van der Waals surface area contributed by atoms with Crippen LogP contribution in [0.25, 0.3) is 0 Å². The van der Waals surface area contributed by atoms with E-state index in [0.717, 1.165) is 11.1 Å². The van der Waals surface area contributed by atoms with E-state index in [0.29, 0.717) is 6.42 Å². The van der Waals surface area contributed by atoms with Crippen molar-refractivity contribution in [3.63, 3.8) is 0 Å². The molecule has 0 saturated heterocycles. The fraction of sp³-hybridized carbons (Fsp3) is 0.462. The van der Waals surface area contributed by atoms with E-state index in [1.807, 2.05) is 31.2 Å². The van der Waals surface area contributed by atoms with Crippen LogP contribution in [0.2, 0.25) is 0 Å². The molecule has 4 nitrogen and oxygen atoms in total. The average Bonchev–Trinajstić information content (AvgIpc) is 2.30. The Morgan fingerprint density at radius 2 is 1.94 bits per heavy atom. The number of aliphatic hydroxyl groups is 1. The highest BCUT2D eigenvalue weighted by Crippen LogP contribution is 2.20. The van der Waals surface area contributed by atoms with Crippen LogP contribution in [0.5, 0.6) is 0 Å². The number of benzene rings is 1. The summed E-state index contributed by atoms with van der Waals surface area (Å²) < 4.78 is 0. The number of hydrogen-bond acceptors (Lipinski definition) is 3. The molecule has 1 aromatic carbocycles. The van der Waals surface area contributed by atoms with Crippen molar-refractivity contribution in [2.24, 2.45) is 0 Å². The molecule has 0 heterocycles. The highest BCUT2D eigenvalue weighted by atomic mass is 16.4. The first-order valence-electron chi connectivity index (χ1n) is 5.68. The summed E-state index contributed by atoms with van der Waals surface area (Å²) in [5, 5.41) is 21.7. The first-order chi connectivity index (χ1) is 8.04. The topological polar surface area (TPSA) is 69.6 Å². The predicted octanol–water partition coefficient (Wildman–Crippen LogP) is 1.48. The van der Waals surface area contributed by atoms with Gasteiger partial charge in [0.05, 0.1) is 6.10 Å². The maximum atomic E-state index is 10.5. The van der Waals surface area contributed by atoms with Gasteiger partial charge in [-0.3, -0.25) is 4.79 Å². The minimum atomic E-state index is -0.846. The van der Waals surface area contributed by atoms with Gasteiger partial charge in [-0.1, -0.05) is 29.8 Å². The van der Waals surface area contributed by atoms with Crippen LogP contribution < -0.4 is 5.32 Å². The van der Waals surface area contributed by atoms with E-state index in [2.05, 4.69) is 5.32 Å². The summed E-state index contributed by atoms with van der Waals surface area (Å²) in [5.74, 6) is -0.846. The Hall–Kier alpha value is -1.39. The van der Waals surface area contributed by atoms with Gasteiger partial charge >= 0.3 is 5.97 Å². The third-order valence-corrected chi connectivity index (χ3v) is 2.84. The Kier molecular flexibility index (Phi) is 5.12. The fourth-order valence-corrected chi connectivity index (χ4v) is 1.73. The monoisotopic (exact) mass is 237 g/mol. The second-order valence-corrected chi connectivity index (χ2v) is 4.18. The van der Waals surface area contributed by atoms with Crippen LogP contribution in [0.15, 0.2) is 24.3 Å². The number of aliphatic carboxylic acids is 1. The lowest BCUT2D eigenvalue weighted by molar-refractivity contribution is -0.137. The molecule has 0 spiro atoms. The van der Waals surface area contributed by atoms with Crippen LogP contribution in [-0.4, -0.2) is 29.3 Å². The molecule has 0 aliphatic rings. The maximum Gasteiger partial charge on any atom is 0.303 e. The number of rotatable bonds is 6. The van der Waals surface area contributed by atoms with Crippen LogP contribution in [-0.2, 0) is 4.79 Å². The minimum absolute atomic E-state index is 0.0500. The SMILES string of the molecule is CNC(CCC(=O)O)C(O)c1ccc(C)cc1. The fourth-order valence-electron chi connectivity index (χ4n) is 1.73. The number of carbonyl (C=O) groups is 1. The molecule has 0 radical (unpaired) electrons. The smallest absolute Gasteiger partial charge is 0.303 e. The highest BCUT2D eigenvalue weighted by Gasteiger charge is 2.19. The van der Waals surface area contributed by atoms with E-state index in [9.17, 15) is 9.90 Å². The Morgan fingerprint density at radius 3 is 2.41 bits per heavy atom. The molecule has 4 heteroatoms. The van der Waals surface area contributed by atoms with Gasteiger partial charge in [0.2, 0.25) is 0 Å². The number of carboxylic acid groups (broad SMARTS) is 1. The molecule has 0 aromatic heterocycles. The quantitative estimate of drug-likeness (QED) is 0.701. The van der Waals surface area contributed by atoms with Gasteiger partial charge in [-0.15, -0.1) is 0 Å². The lowest BCUT2D eigenvalue weighted by Gasteiger charge is -2.22. The zero-order chi connectivity index (χ0) is 12.8. The summed E-state index contributed by atoms with van der Waals surface area (Å²) in [7, 11) is 1.73. The normalized spacial score (nSPS) is 14.3. The Balaban J connectivity index is 2.68. The molecule has 0 amide bonds.